The first-order valence-corrected chi connectivity index (χ1v) is 10.2. The zero-order chi connectivity index (χ0) is 20.0. The standard InChI is InChI=1S/C21H18N6OS/c1-12(28)16-10-24-21(22)19-17(25-27(20(16)19)15-6-7-23-9-15)5-3-13-2-4-14-11-29-26-18(14)8-13/h2,4,8,10-11,15,23H,6-7,9H2,1H3,(H2,22,24)/t15-/m0/s1. The van der Waals surface area contributed by atoms with E-state index in [1.54, 1.807) is 0 Å². The van der Waals surface area contributed by atoms with Crippen LogP contribution in [0.2, 0.25) is 0 Å². The van der Waals surface area contributed by atoms with Gasteiger partial charge in [0.2, 0.25) is 0 Å². The van der Waals surface area contributed by atoms with E-state index in [9.17, 15) is 4.79 Å². The van der Waals surface area contributed by atoms with Crippen molar-refractivity contribution < 1.29 is 4.79 Å². The van der Waals surface area contributed by atoms with Gasteiger partial charge in [0.05, 0.1) is 28.0 Å². The summed E-state index contributed by atoms with van der Waals surface area (Å²) in [6, 6.07) is 6.08. The van der Waals surface area contributed by atoms with Gasteiger partial charge in [-0.15, -0.1) is 0 Å². The number of anilines is 1. The molecule has 4 heterocycles. The molecule has 29 heavy (non-hydrogen) atoms. The van der Waals surface area contributed by atoms with Gasteiger partial charge in [0.1, 0.15) is 11.5 Å². The quantitative estimate of drug-likeness (QED) is 0.395. The van der Waals surface area contributed by atoms with Crippen LogP contribution in [0.4, 0.5) is 5.82 Å². The monoisotopic (exact) mass is 402 g/mol. The van der Waals surface area contributed by atoms with Crippen LogP contribution in [0, 0.1) is 11.8 Å². The summed E-state index contributed by atoms with van der Waals surface area (Å²) in [4.78, 5) is 16.5. The second-order valence-corrected chi connectivity index (χ2v) is 7.74. The molecule has 4 aromatic rings. The van der Waals surface area contributed by atoms with Gasteiger partial charge in [-0.1, -0.05) is 12.0 Å². The molecule has 1 atom stereocenters. The summed E-state index contributed by atoms with van der Waals surface area (Å²) in [5.74, 6) is 6.59. The van der Waals surface area contributed by atoms with E-state index in [1.165, 1.54) is 24.7 Å². The van der Waals surface area contributed by atoms with Crippen LogP contribution >= 0.6 is 11.5 Å². The molecule has 8 heteroatoms. The van der Waals surface area contributed by atoms with E-state index in [4.69, 9.17) is 10.8 Å². The highest BCUT2D eigenvalue weighted by atomic mass is 32.1. The number of nitrogens with two attached hydrogens (primary N) is 1. The summed E-state index contributed by atoms with van der Waals surface area (Å²) in [6.07, 6.45) is 2.47. The lowest BCUT2D eigenvalue weighted by Gasteiger charge is -2.12. The fourth-order valence-corrected chi connectivity index (χ4v) is 4.36. The van der Waals surface area contributed by atoms with Crippen LogP contribution in [-0.2, 0) is 0 Å². The number of pyridine rings is 1. The highest BCUT2D eigenvalue weighted by Gasteiger charge is 2.25. The Hall–Kier alpha value is -3.28. The Kier molecular flexibility index (Phi) is 4.27. The van der Waals surface area contributed by atoms with Crippen molar-refractivity contribution in [3.05, 3.63) is 46.6 Å². The van der Waals surface area contributed by atoms with E-state index in [0.717, 1.165) is 41.5 Å². The Bertz CT molecular complexity index is 1320. The average molecular weight is 402 g/mol. The van der Waals surface area contributed by atoms with Gasteiger partial charge in [0, 0.05) is 29.1 Å². The second kappa shape index (κ2) is 6.95. The van der Waals surface area contributed by atoms with Crippen molar-refractivity contribution in [1.29, 1.82) is 0 Å². The van der Waals surface area contributed by atoms with E-state index in [1.807, 2.05) is 28.3 Å². The third-order valence-corrected chi connectivity index (χ3v) is 5.86. The number of nitrogens with zero attached hydrogens (tertiary/aromatic N) is 4. The first kappa shape index (κ1) is 17.8. The van der Waals surface area contributed by atoms with Crippen molar-refractivity contribution in [2.45, 2.75) is 19.4 Å². The molecule has 1 aliphatic rings. The van der Waals surface area contributed by atoms with E-state index >= 15 is 0 Å². The lowest BCUT2D eigenvalue weighted by molar-refractivity contribution is 0.101. The van der Waals surface area contributed by atoms with Crippen molar-refractivity contribution >= 4 is 44.9 Å². The molecule has 0 amide bonds. The summed E-state index contributed by atoms with van der Waals surface area (Å²) in [5.41, 5.74) is 9.75. The molecular weight excluding hydrogens is 384 g/mol. The second-order valence-electron chi connectivity index (χ2n) is 7.11. The van der Waals surface area contributed by atoms with Crippen molar-refractivity contribution in [1.82, 2.24) is 24.5 Å². The predicted octanol–water partition coefficient (Wildman–Crippen LogP) is 2.76. The number of nitrogen functional groups attached to an aromatic ring is 1. The average Bonchev–Trinajstić information content (AvgIpc) is 3.45. The van der Waals surface area contributed by atoms with Crippen molar-refractivity contribution in [2.75, 3.05) is 18.8 Å². The zero-order valence-electron chi connectivity index (χ0n) is 15.8. The van der Waals surface area contributed by atoms with Crippen molar-refractivity contribution in [3.8, 4) is 11.8 Å². The van der Waals surface area contributed by atoms with Gasteiger partial charge in [-0.05, 0) is 49.5 Å². The Morgan fingerprint density at radius 1 is 1.38 bits per heavy atom. The van der Waals surface area contributed by atoms with Gasteiger partial charge in [-0.2, -0.15) is 9.47 Å². The first-order valence-electron chi connectivity index (χ1n) is 9.36. The van der Waals surface area contributed by atoms with Crippen LogP contribution in [0.3, 0.4) is 0 Å². The number of hydrogen-bond acceptors (Lipinski definition) is 7. The minimum atomic E-state index is -0.0666. The topological polar surface area (TPSA) is 98.7 Å². The molecule has 0 saturated carbocycles. The predicted molar refractivity (Wildman–Crippen MR) is 114 cm³/mol. The van der Waals surface area contributed by atoms with Gasteiger partial charge < -0.3 is 11.1 Å². The fraction of sp³-hybridized carbons (Fsp3) is 0.238. The normalized spacial score (nSPS) is 16.2. The number of benzene rings is 1. The molecule has 0 aliphatic carbocycles. The molecule has 7 nitrogen and oxygen atoms in total. The Labute approximate surface area is 171 Å². The maximum absolute atomic E-state index is 12.2. The van der Waals surface area contributed by atoms with Crippen molar-refractivity contribution in [2.24, 2.45) is 0 Å². The van der Waals surface area contributed by atoms with Gasteiger partial charge >= 0.3 is 0 Å². The third kappa shape index (κ3) is 3.05. The number of hydrogen-bond donors (Lipinski definition) is 2. The number of nitrogens with one attached hydrogen (secondary N) is 1. The summed E-state index contributed by atoms with van der Waals surface area (Å²) >= 11 is 1.43. The smallest absolute Gasteiger partial charge is 0.163 e. The largest absolute Gasteiger partial charge is 0.383 e. The molecule has 0 bridgehead atoms. The fourth-order valence-electron chi connectivity index (χ4n) is 3.72. The molecule has 144 valence electrons. The Balaban J connectivity index is 1.69. The molecule has 5 rings (SSSR count). The molecule has 1 aliphatic heterocycles. The highest BCUT2D eigenvalue weighted by molar-refractivity contribution is 7.04. The van der Waals surface area contributed by atoms with Crippen LogP contribution in [0.1, 0.15) is 41.0 Å². The van der Waals surface area contributed by atoms with E-state index in [2.05, 4.69) is 26.5 Å². The minimum absolute atomic E-state index is 0.0666. The Morgan fingerprint density at radius 3 is 3.07 bits per heavy atom. The molecule has 0 unspecified atom stereocenters. The molecule has 3 N–H and O–H groups in total. The Morgan fingerprint density at radius 2 is 2.28 bits per heavy atom. The summed E-state index contributed by atoms with van der Waals surface area (Å²) in [5, 5.41) is 11.9. The van der Waals surface area contributed by atoms with E-state index < -0.39 is 0 Å². The number of carbonyl (C=O) groups excluding carboxylic acids is 1. The third-order valence-electron chi connectivity index (χ3n) is 5.20. The first-order chi connectivity index (χ1) is 14.1. The molecule has 1 fully saturated rings. The number of rotatable bonds is 2. The molecule has 0 spiro atoms. The molecule has 1 aromatic carbocycles. The van der Waals surface area contributed by atoms with Crippen LogP contribution in [0.25, 0.3) is 21.8 Å². The summed E-state index contributed by atoms with van der Waals surface area (Å²) in [7, 11) is 0. The number of fused-ring (bicyclic) bond motifs is 2. The molecule has 3 aromatic heterocycles. The van der Waals surface area contributed by atoms with Gasteiger partial charge in [0.15, 0.2) is 5.78 Å². The zero-order valence-corrected chi connectivity index (χ0v) is 16.6. The maximum atomic E-state index is 12.2. The van der Waals surface area contributed by atoms with Crippen LogP contribution < -0.4 is 11.1 Å². The lowest BCUT2D eigenvalue weighted by Crippen LogP contribution is -2.15. The number of Topliss-reactive ketones (excluding diaryl/α,β-unsaturated/α-hetero) is 1. The maximum Gasteiger partial charge on any atom is 0.163 e. The lowest BCUT2D eigenvalue weighted by atomic mass is 10.1. The van der Waals surface area contributed by atoms with E-state index in [-0.39, 0.29) is 11.8 Å². The number of carbonyl (C=O) groups is 1. The number of ketones is 1. The van der Waals surface area contributed by atoms with Gasteiger partial charge in [-0.3, -0.25) is 9.48 Å². The van der Waals surface area contributed by atoms with Crippen LogP contribution in [0.15, 0.2) is 29.8 Å². The van der Waals surface area contributed by atoms with Crippen LogP contribution in [-0.4, -0.2) is 38.0 Å². The van der Waals surface area contributed by atoms with Gasteiger partial charge in [-0.25, -0.2) is 4.98 Å². The van der Waals surface area contributed by atoms with Crippen molar-refractivity contribution in [3.63, 3.8) is 0 Å². The SMILES string of the molecule is CC(=O)c1cnc(N)c2c(C#Cc3ccc4csnc4c3)nn([C@H]3CCNC3)c12. The summed E-state index contributed by atoms with van der Waals surface area (Å²) < 4.78 is 6.27. The van der Waals surface area contributed by atoms with Gasteiger partial charge in [0.25, 0.3) is 0 Å². The molecular formula is C21H18N6OS. The highest BCUT2D eigenvalue weighted by Crippen LogP contribution is 2.30. The molecule has 1 saturated heterocycles. The molecule has 0 radical (unpaired) electrons. The minimum Gasteiger partial charge on any atom is -0.383 e. The number of aromatic nitrogens is 4. The summed E-state index contributed by atoms with van der Waals surface area (Å²) in [6.45, 7) is 3.24. The van der Waals surface area contributed by atoms with Crippen LogP contribution in [0.5, 0.6) is 0 Å². The van der Waals surface area contributed by atoms with E-state index in [0.29, 0.717) is 22.5 Å².